The highest BCUT2D eigenvalue weighted by atomic mass is 35.5. The molecule has 0 radical (unpaired) electrons. The molecule has 1 aromatic heterocycles. The van der Waals surface area contributed by atoms with Crippen LogP contribution in [0.2, 0.25) is 5.02 Å². The zero-order valence-electron chi connectivity index (χ0n) is 25.3. The Labute approximate surface area is 265 Å². The molecule has 0 saturated heterocycles. The van der Waals surface area contributed by atoms with E-state index >= 15 is 0 Å². The Morgan fingerprint density at radius 3 is 2.41 bits per heavy atom. The second kappa shape index (κ2) is 13.5. The molecule has 5 rings (SSSR count). The summed E-state index contributed by atoms with van der Waals surface area (Å²) in [6.45, 7) is 7.12. The van der Waals surface area contributed by atoms with Gasteiger partial charge in [-0.1, -0.05) is 47.2 Å². The molecule has 0 saturated carbocycles. The maximum atomic E-state index is 14.1. The Morgan fingerprint density at radius 1 is 1.02 bits per heavy atom. The molecule has 1 aliphatic heterocycles. The van der Waals surface area contributed by atoms with Crippen LogP contribution in [0.4, 0.5) is 0 Å². The number of carbonyl (C=O) groups is 1. The lowest BCUT2D eigenvalue weighted by Crippen LogP contribution is -2.43. The Hall–Kier alpha value is -4.34. The minimum Gasteiger partial charge on any atom is -0.497 e. The lowest BCUT2D eigenvalue weighted by atomic mass is 9.93. The van der Waals surface area contributed by atoms with E-state index in [4.69, 9.17) is 30.8 Å². The minimum atomic E-state index is -0.756. The van der Waals surface area contributed by atoms with Crippen LogP contribution in [0.5, 0.6) is 17.2 Å². The van der Waals surface area contributed by atoms with Crippen molar-refractivity contribution in [2.75, 3.05) is 27.3 Å². The monoisotopic (exact) mass is 631 g/mol. The van der Waals surface area contributed by atoms with Gasteiger partial charge in [0.2, 0.25) is 0 Å². The number of likely N-dealkylation sites (N-methyl/N-ethyl adjacent to an activating group) is 1. The Bertz CT molecular complexity index is 1890. The van der Waals surface area contributed by atoms with E-state index in [9.17, 15) is 9.59 Å². The van der Waals surface area contributed by atoms with Crippen molar-refractivity contribution < 1.29 is 19.0 Å². The third kappa shape index (κ3) is 6.30. The van der Waals surface area contributed by atoms with E-state index < -0.39 is 6.04 Å². The summed E-state index contributed by atoms with van der Waals surface area (Å²) in [5, 5.41) is 0.662. The second-order valence-electron chi connectivity index (χ2n) is 10.2. The average molecular weight is 632 g/mol. The van der Waals surface area contributed by atoms with E-state index in [-0.39, 0.29) is 11.5 Å². The highest BCUT2D eigenvalue weighted by molar-refractivity contribution is 7.07. The van der Waals surface area contributed by atoms with Crippen LogP contribution in [0.25, 0.3) is 6.08 Å². The number of fused-ring (bicyclic) bond motifs is 1. The smallest absolute Gasteiger partial charge is 0.271 e. The molecule has 0 N–H and O–H groups in total. The van der Waals surface area contributed by atoms with Crippen molar-refractivity contribution in [3.8, 4) is 17.2 Å². The Morgan fingerprint density at radius 2 is 1.75 bits per heavy atom. The van der Waals surface area contributed by atoms with Gasteiger partial charge in [-0.15, -0.1) is 0 Å². The van der Waals surface area contributed by atoms with E-state index in [0.29, 0.717) is 68.1 Å². The largest absolute Gasteiger partial charge is 0.497 e. The number of allylic oxidation sites excluding steroid dienone is 1. The van der Waals surface area contributed by atoms with Crippen LogP contribution in [-0.4, -0.2) is 42.7 Å². The summed E-state index contributed by atoms with van der Waals surface area (Å²) >= 11 is 7.36. The van der Waals surface area contributed by atoms with Crippen LogP contribution in [0, 0.1) is 0 Å². The number of halogens is 1. The second-order valence-corrected chi connectivity index (χ2v) is 11.6. The number of rotatable bonds is 10. The first kappa shape index (κ1) is 31.1. The van der Waals surface area contributed by atoms with E-state index in [0.717, 1.165) is 11.1 Å². The summed E-state index contributed by atoms with van der Waals surface area (Å²) < 4.78 is 19.3. The molecule has 0 fully saturated rings. The number of hydrogen-bond acceptors (Lipinski definition) is 7. The number of benzene rings is 3. The molecule has 1 amide bonds. The van der Waals surface area contributed by atoms with Gasteiger partial charge in [-0.05, 0) is 80.4 Å². The molecule has 10 heteroatoms. The van der Waals surface area contributed by atoms with Gasteiger partial charge in [0.05, 0.1) is 30.0 Å². The lowest BCUT2D eigenvalue weighted by Gasteiger charge is -2.30. The molecule has 3 aromatic carbocycles. The van der Waals surface area contributed by atoms with Gasteiger partial charge in [-0.3, -0.25) is 14.2 Å². The van der Waals surface area contributed by atoms with Gasteiger partial charge in [0, 0.05) is 23.7 Å². The summed E-state index contributed by atoms with van der Waals surface area (Å²) in [7, 11) is 3.15. The molecule has 8 nitrogen and oxygen atoms in total. The number of carbonyl (C=O) groups excluding carboxylic acids is 1. The molecule has 228 valence electrons. The molecular weight excluding hydrogens is 598 g/mol. The molecule has 1 aliphatic rings. The predicted octanol–water partition coefficient (Wildman–Crippen LogP) is 5.35. The van der Waals surface area contributed by atoms with Gasteiger partial charge in [0.1, 0.15) is 29.9 Å². The van der Waals surface area contributed by atoms with Gasteiger partial charge in [0.15, 0.2) is 4.80 Å². The zero-order valence-corrected chi connectivity index (χ0v) is 26.9. The summed E-state index contributed by atoms with van der Waals surface area (Å²) in [5.41, 5.74) is 3.19. The summed E-state index contributed by atoms with van der Waals surface area (Å²) in [4.78, 5) is 35.0. The van der Waals surface area contributed by atoms with Gasteiger partial charge < -0.3 is 19.1 Å². The first-order valence-corrected chi connectivity index (χ1v) is 15.5. The first-order valence-electron chi connectivity index (χ1n) is 14.3. The van der Waals surface area contributed by atoms with Gasteiger partial charge in [0.25, 0.3) is 11.5 Å². The van der Waals surface area contributed by atoms with E-state index in [2.05, 4.69) is 0 Å². The maximum Gasteiger partial charge on any atom is 0.271 e. The number of ether oxygens (including phenoxy) is 3. The standard InChI is InChI=1S/C34H34ClN3O5S/c1-6-37(7-2)33(40)30-21(3)36-34-38(31(30)27-19-26(41-4)15-16-28(27)42-5)32(39)29(44-34)18-22-11-13-25(14-12-22)43-20-23-9-8-10-24(35)17-23/h8-19,31H,6-7,20H2,1-5H3/b29-18+/t31-/m0/s1. The molecule has 0 spiro atoms. The average Bonchev–Trinajstić information content (AvgIpc) is 3.33. The number of nitrogens with zero attached hydrogens (tertiary/aromatic N) is 3. The topological polar surface area (TPSA) is 82.4 Å². The third-order valence-corrected chi connectivity index (χ3v) is 8.72. The van der Waals surface area contributed by atoms with Crippen molar-refractivity contribution in [3.05, 3.63) is 119 Å². The zero-order chi connectivity index (χ0) is 31.4. The van der Waals surface area contributed by atoms with Crippen LogP contribution in [0.15, 0.2) is 87.8 Å². The van der Waals surface area contributed by atoms with Crippen molar-refractivity contribution in [2.45, 2.75) is 33.4 Å². The van der Waals surface area contributed by atoms with Gasteiger partial charge in [-0.25, -0.2) is 4.99 Å². The highest BCUT2D eigenvalue weighted by Gasteiger charge is 2.36. The first-order chi connectivity index (χ1) is 21.3. The summed E-state index contributed by atoms with van der Waals surface area (Å²) in [6.07, 6.45) is 1.83. The molecule has 0 unspecified atom stereocenters. The maximum absolute atomic E-state index is 14.1. The van der Waals surface area contributed by atoms with E-state index in [1.54, 1.807) is 35.8 Å². The van der Waals surface area contributed by atoms with Crippen LogP contribution in [-0.2, 0) is 11.4 Å². The van der Waals surface area contributed by atoms with Crippen molar-refractivity contribution in [1.82, 2.24) is 9.47 Å². The predicted molar refractivity (Wildman–Crippen MR) is 173 cm³/mol. The van der Waals surface area contributed by atoms with E-state index in [1.165, 1.54) is 11.3 Å². The van der Waals surface area contributed by atoms with E-state index in [1.807, 2.05) is 81.4 Å². The van der Waals surface area contributed by atoms with Gasteiger partial charge >= 0.3 is 0 Å². The minimum absolute atomic E-state index is 0.172. The van der Waals surface area contributed by atoms with Crippen LogP contribution in [0.1, 0.15) is 43.5 Å². The fourth-order valence-corrected chi connectivity index (χ4v) is 6.49. The fourth-order valence-electron chi connectivity index (χ4n) is 5.23. The van der Waals surface area contributed by atoms with Crippen LogP contribution >= 0.6 is 22.9 Å². The molecule has 4 aromatic rings. The third-order valence-electron chi connectivity index (χ3n) is 7.51. The quantitative estimate of drug-likeness (QED) is 0.236. The lowest BCUT2D eigenvalue weighted by molar-refractivity contribution is -0.127. The number of amides is 1. The molecule has 0 bridgehead atoms. The number of aromatic nitrogens is 1. The molecule has 0 aliphatic carbocycles. The summed E-state index contributed by atoms with van der Waals surface area (Å²) in [6, 6.07) is 19.7. The summed E-state index contributed by atoms with van der Waals surface area (Å²) in [5.74, 6) is 1.65. The van der Waals surface area contributed by atoms with Crippen molar-refractivity contribution in [2.24, 2.45) is 4.99 Å². The highest BCUT2D eigenvalue weighted by Crippen LogP contribution is 2.38. The fraction of sp³-hybridized carbons (Fsp3) is 0.265. The Balaban J connectivity index is 1.57. The SMILES string of the molecule is CCN(CC)C(=O)C1=C(C)N=c2s/c(=C/c3ccc(OCc4cccc(Cl)c4)cc3)c(=O)n2[C@H]1c1cc(OC)ccc1OC. The van der Waals surface area contributed by atoms with Gasteiger partial charge in [-0.2, -0.15) is 0 Å². The number of hydrogen-bond donors (Lipinski definition) is 0. The normalized spacial score (nSPS) is 14.6. The molecule has 44 heavy (non-hydrogen) atoms. The van der Waals surface area contributed by atoms with Crippen LogP contribution < -0.4 is 29.1 Å². The van der Waals surface area contributed by atoms with Crippen LogP contribution in [0.3, 0.4) is 0 Å². The number of methoxy groups -OCH3 is 2. The Kier molecular flexibility index (Phi) is 9.56. The van der Waals surface area contributed by atoms with Crippen molar-refractivity contribution in [1.29, 1.82) is 0 Å². The molecule has 2 heterocycles. The molecule has 1 atom stereocenters. The molecular formula is C34H34ClN3O5S. The number of thiazole rings is 1. The van der Waals surface area contributed by atoms with Crippen molar-refractivity contribution in [3.63, 3.8) is 0 Å². The van der Waals surface area contributed by atoms with Crippen molar-refractivity contribution >= 4 is 34.9 Å².